The van der Waals surface area contributed by atoms with Gasteiger partial charge in [0, 0.05) is 18.7 Å². The van der Waals surface area contributed by atoms with Gasteiger partial charge < -0.3 is 15.0 Å². The fourth-order valence-electron chi connectivity index (χ4n) is 5.06. The molecule has 0 bridgehead atoms. The van der Waals surface area contributed by atoms with Gasteiger partial charge in [0.25, 0.3) is 11.8 Å². The molecule has 0 aliphatic carbocycles. The van der Waals surface area contributed by atoms with Crippen LogP contribution in [0.2, 0.25) is 0 Å². The van der Waals surface area contributed by atoms with E-state index in [1.165, 1.54) is 5.56 Å². The van der Waals surface area contributed by atoms with Crippen LogP contribution >= 0.6 is 0 Å². The Morgan fingerprint density at radius 1 is 0.872 bits per heavy atom. The fraction of sp³-hybridized carbons (Fsp3) is 0.235. The fourth-order valence-corrected chi connectivity index (χ4v) is 5.06. The van der Waals surface area contributed by atoms with E-state index in [0.717, 1.165) is 29.5 Å². The van der Waals surface area contributed by atoms with Gasteiger partial charge in [0.1, 0.15) is 12.4 Å². The van der Waals surface area contributed by atoms with Crippen molar-refractivity contribution in [2.24, 2.45) is 0 Å². The lowest BCUT2D eigenvalue weighted by molar-refractivity contribution is 0.0588. The molecule has 1 aliphatic rings. The molecule has 2 amide bonds. The van der Waals surface area contributed by atoms with E-state index in [1.807, 2.05) is 84.6 Å². The molecule has 4 aromatic carbocycles. The molecule has 198 valence electrons. The predicted octanol–water partition coefficient (Wildman–Crippen LogP) is 6.00. The van der Waals surface area contributed by atoms with Crippen LogP contribution in [0.25, 0.3) is 0 Å². The number of aryl methyl sites for hydroxylation is 2. The van der Waals surface area contributed by atoms with Gasteiger partial charge in [-0.25, -0.2) is 0 Å². The van der Waals surface area contributed by atoms with E-state index in [4.69, 9.17) is 4.74 Å². The van der Waals surface area contributed by atoms with Crippen molar-refractivity contribution in [3.8, 4) is 5.75 Å². The van der Waals surface area contributed by atoms with Crippen molar-refractivity contribution < 1.29 is 14.3 Å². The van der Waals surface area contributed by atoms with E-state index in [9.17, 15) is 9.59 Å². The number of para-hydroxylation sites is 1. The Balaban J connectivity index is 1.58. The number of rotatable bonds is 3. The van der Waals surface area contributed by atoms with Gasteiger partial charge in [0.05, 0.1) is 11.6 Å². The van der Waals surface area contributed by atoms with Crippen LogP contribution < -0.4 is 10.1 Å². The summed E-state index contributed by atoms with van der Waals surface area (Å²) in [6, 6.07) is 33.3. The summed E-state index contributed by atoms with van der Waals surface area (Å²) >= 11 is 0. The lowest BCUT2D eigenvalue weighted by atomic mass is 9.99. The second-order valence-electron chi connectivity index (χ2n) is 10.1. The highest BCUT2D eigenvalue weighted by molar-refractivity contribution is 5.97. The van der Waals surface area contributed by atoms with Crippen molar-refractivity contribution in [2.75, 3.05) is 13.2 Å². The number of nitrogens with zero attached hydrogens (tertiary/aromatic N) is 1. The van der Waals surface area contributed by atoms with E-state index in [0.29, 0.717) is 36.4 Å². The SMILES string of the molecule is Cc1ccc(C(=O)N2Cc3ccccc3CCCNC(=O)c3ccccc3OC[C@@H]2Cc2ccccc2)cc1. The Morgan fingerprint density at radius 3 is 2.36 bits per heavy atom. The van der Waals surface area contributed by atoms with Gasteiger partial charge in [-0.05, 0) is 67.1 Å². The third-order valence-electron chi connectivity index (χ3n) is 7.24. The zero-order valence-corrected chi connectivity index (χ0v) is 22.3. The van der Waals surface area contributed by atoms with Gasteiger partial charge in [-0.3, -0.25) is 9.59 Å². The highest BCUT2D eigenvalue weighted by Crippen LogP contribution is 2.24. The van der Waals surface area contributed by atoms with Gasteiger partial charge in [0.15, 0.2) is 0 Å². The molecule has 0 aromatic heterocycles. The monoisotopic (exact) mass is 518 g/mol. The van der Waals surface area contributed by atoms with E-state index < -0.39 is 0 Å². The van der Waals surface area contributed by atoms with Gasteiger partial charge in [-0.1, -0.05) is 84.4 Å². The van der Waals surface area contributed by atoms with Crippen LogP contribution in [0, 0.1) is 6.92 Å². The number of amides is 2. The Morgan fingerprint density at radius 2 is 1.56 bits per heavy atom. The molecule has 5 nitrogen and oxygen atoms in total. The molecule has 1 aliphatic heterocycles. The normalized spacial score (nSPS) is 16.2. The average molecular weight is 519 g/mol. The highest BCUT2D eigenvalue weighted by Gasteiger charge is 2.28. The van der Waals surface area contributed by atoms with Crippen molar-refractivity contribution >= 4 is 11.8 Å². The summed E-state index contributed by atoms with van der Waals surface area (Å²) in [7, 11) is 0. The number of carbonyl (C=O) groups is 2. The van der Waals surface area contributed by atoms with Gasteiger partial charge in [-0.15, -0.1) is 0 Å². The third-order valence-corrected chi connectivity index (χ3v) is 7.24. The molecule has 1 N–H and O–H groups in total. The van der Waals surface area contributed by atoms with Gasteiger partial charge in [-0.2, -0.15) is 0 Å². The van der Waals surface area contributed by atoms with Crippen LogP contribution in [0.1, 0.15) is 49.4 Å². The Kier molecular flexibility index (Phi) is 8.37. The number of nitrogens with one attached hydrogen (secondary N) is 1. The van der Waals surface area contributed by atoms with E-state index >= 15 is 0 Å². The van der Waals surface area contributed by atoms with Crippen LogP contribution in [0.15, 0.2) is 103 Å². The first kappa shape index (κ1) is 26.2. The van der Waals surface area contributed by atoms with Crippen LogP contribution in [0.5, 0.6) is 5.75 Å². The first-order valence-electron chi connectivity index (χ1n) is 13.6. The van der Waals surface area contributed by atoms with Crippen LogP contribution in [0.4, 0.5) is 0 Å². The third kappa shape index (κ3) is 6.55. The molecule has 0 spiro atoms. The first-order valence-corrected chi connectivity index (χ1v) is 13.6. The number of hydrogen-bond acceptors (Lipinski definition) is 3. The minimum absolute atomic E-state index is 0.0348. The van der Waals surface area contributed by atoms with Gasteiger partial charge >= 0.3 is 0 Å². The van der Waals surface area contributed by atoms with Crippen LogP contribution in [-0.2, 0) is 19.4 Å². The maximum atomic E-state index is 14.2. The van der Waals surface area contributed by atoms with E-state index in [-0.39, 0.29) is 24.5 Å². The summed E-state index contributed by atoms with van der Waals surface area (Å²) in [4.78, 5) is 29.1. The molecule has 0 saturated heterocycles. The lowest BCUT2D eigenvalue weighted by Gasteiger charge is -2.33. The summed E-state index contributed by atoms with van der Waals surface area (Å²) in [5.74, 6) is 0.337. The number of fused-ring (bicyclic) bond motifs is 2. The van der Waals surface area contributed by atoms with Crippen molar-refractivity contribution in [3.05, 3.63) is 137 Å². The van der Waals surface area contributed by atoms with E-state index in [2.05, 4.69) is 29.6 Å². The Labute approximate surface area is 230 Å². The number of hydrogen-bond donors (Lipinski definition) is 1. The molecular formula is C34H34N2O3. The lowest BCUT2D eigenvalue weighted by Crippen LogP contribution is -2.45. The second-order valence-corrected chi connectivity index (χ2v) is 10.1. The molecule has 4 aromatic rings. The number of carbonyl (C=O) groups excluding carboxylic acids is 2. The molecule has 5 heteroatoms. The minimum Gasteiger partial charge on any atom is -0.491 e. The van der Waals surface area contributed by atoms with Crippen molar-refractivity contribution in [3.63, 3.8) is 0 Å². The van der Waals surface area contributed by atoms with E-state index in [1.54, 1.807) is 6.07 Å². The summed E-state index contributed by atoms with van der Waals surface area (Å²) in [6.07, 6.45) is 2.23. The van der Waals surface area contributed by atoms with Crippen LogP contribution in [0.3, 0.4) is 0 Å². The maximum Gasteiger partial charge on any atom is 0.255 e. The molecule has 0 radical (unpaired) electrons. The zero-order valence-electron chi connectivity index (χ0n) is 22.3. The quantitative estimate of drug-likeness (QED) is 0.362. The summed E-state index contributed by atoms with van der Waals surface area (Å²) in [5, 5.41) is 3.04. The first-order chi connectivity index (χ1) is 19.1. The molecule has 0 unspecified atom stereocenters. The second kappa shape index (κ2) is 12.4. The van der Waals surface area contributed by atoms with Gasteiger partial charge in [0.2, 0.25) is 0 Å². The average Bonchev–Trinajstić information content (AvgIpc) is 2.97. The number of benzene rings is 4. The summed E-state index contributed by atoms with van der Waals surface area (Å²) in [6.45, 7) is 3.30. The molecule has 0 fully saturated rings. The molecule has 1 heterocycles. The predicted molar refractivity (Wildman–Crippen MR) is 154 cm³/mol. The van der Waals surface area contributed by atoms with Crippen molar-refractivity contribution in [2.45, 2.75) is 38.8 Å². The zero-order chi connectivity index (χ0) is 27.0. The smallest absolute Gasteiger partial charge is 0.255 e. The van der Waals surface area contributed by atoms with Crippen molar-refractivity contribution in [1.82, 2.24) is 10.2 Å². The maximum absolute atomic E-state index is 14.2. The highest BCUT2D eigenvalue weighted by atomic mass is 16.5. The molecular weight excluding hydrogens is 484 g/mol. The largest absolute Gasteiger partial charge is 0.491 e. The standard InChI is InChI=1S/C34H34N2O3/c1-25-17-19-28(20-18-25)34(38)36-23-29-13-6-5-12-27(29)14-9-21-35-33(37)31-15-7-8-16-32(31)39-24-30(36)22-26-10-3-2-4-11-26/h2-8,10-13,15-20,30H,9,14,21-24H2,1H3,(H,35,37)/t30-/m0/s1. The molecule has 0 saturated carbocycles. The van der Waals surface area contributed by atoms with Crippen LogP contribution in [-0.4, -0.2) is 35.9 Å². The minimum atomic E-state index is -0.270. The Bertz CT molecular complexity index is 1420. The molecule has 5 rings (SSSR count). The number of ether oxygens (including phenoxy) is 1. The molecule has 39 heavy (non-hydrogen) atoms. The Hall–Kier alpha value is -4.38. The molecule has 1 atom stereocenters. The summed E-state index contributed by atoms with van der Waals surface area (Å²) in [5.41, 5.74) is 5.68. The summed E-state index contributed by atoms with van der Waals surface area (Å²) < 4.78 is 6.36. The van der Waals surface area contributed by atoms with Crippen molar-refractivity contribution in [1.29, 1.82) is 0 Å². The topological polar surface area (TPSA) is 58.6 Å².